The molecule has 0 amide bonds. The summed E-state index contributed by atoms with van der Waals surface area (Å²) in [6.45, 7) is 4.16. The second-order valence-corrected chi connectivity index (χ2v) is 3.74. The van der Waals surface area contributed by atoms with Gasteiger partial charge in [-0.2, -0.15) is 0 Å². The Morgan fingerprint density at radius 1 is 0.933 bits per heavy atom. The largest absolute Gasteiger partial charge is 0.329 e. The lowest BCUT2D eigenvalue weighted by Crippen LogP contribution is -2.02. The summed E-state index contributed by atoms with van der Waals surface area (Å²) < 4.78 is 0. The highest BCUT2D eigenvalue weighted by Crippen LogP contribution is 2.20. The average Bonchev–Trinajstić information content (AvgIpc) is 2.22. The highest BCUT2D eigenvalue weighted by Gasteiger charge is 1.99. The average molecular weight is 199 g/mol. The van der Waals surface area contributed by atoms with Crippen molar-refractivity contribution in [1.82, 2.24) is 4.98 Å². The first kappa shape index (κ1) is 9.71. The van der Waals surface area contributed by atoms with Crippen LogP contribution in [0.5, 0.6) is 0 Å². The highest BCUT2D eigenvalue weighted by atomic mass is 16.1. The molecule has 0 aliphatic carbocycles. The Kier molecular flexibility index (Phi) is 2.42. The molecule has 2 nitrogen and oxygen atoms in total. The van der Waals surface area contributed by atoms with Crippen molar-refractivity contribution in [2.75, 3.05) is 0 Å². The molecular weight excluding hydrogens is 186 g/mol. The SMILES string of the molecule is Cc1ccc(-c2cc[nH]c(=O)c2)cc1C. The lowest BCUT2D eigenvalue weighted by Gasteiger charge is -2.04. The minimum absolute atomic E-state index is 0.0641. The number of rotatable bonds is 1. The van der Waals surface area contributed by atoms with Gasteiger partial charge in [0.25, 0.3) is 0 Å². The minimum Gasteiger partial charge on any atom is -0.329 e. The van der Waals surface area contributed by atoms with E-state index in [1.165, 1.54) is 11.1 Å². The van der Waals surface area contributed by atoms with E-state index in [-0.39, 0.29) is 5.56 Å². The predicted molar refractivity (Wildman–Crippen MR) is 62.0 cm³/mol. The van der Waals surface area contributed by atoms with Gasteiger partial charge in [-0.1, -0.05) is 18.2 Å². The van der Waals surface area contributed by atoms with E-state index in [2.05, 4.69) is 31.0 Å². The molecule has 0 spiro atoms. The van der Waals surface area contributed by atoms with Gasteiger partial charge in [0, 0.05) is 12.3 Å². The topological polar surface area (TPSA) is 32.9 Å². The van der Waals surface area contributed by atoms with Crippen LogP contribution < -0.4 is 5.56 Å². The Labute approximate surface area is 88.6 Å². The first-order chi connectivity index (χ1) is 7.16. The van der Waals surface area contributed by atoms with Crippen molar-refractivity contribution < 1.29 is 0 Å². The molecule has 15 heavy (non-hydrogen) atoms. The molecule has 0 saturated heterocycles. The number of benzene rings is 1. The lowest BCUT2D eigenvalue weighted by atomic mass is 10.0. The van der Waals surface area contributed by atoms with E-state index in [1.807, 2.05) is 12.1 Å². The van der Waals surface area contributed by atoms with Crippen LogP contribution in [0, 0.1) is 13.8 Å². The van der Waals surface area contributed by atoms with Gasteiger partial charge in [0.1, 0.15) is 0 Å². The van der Waals surface area contributed by atoms with E-state index in [9.17, 15) is 4.79 Å². The number of hydrogen-bond acceptors (Lipinski definition) is 1. The van der Waals surface area contributed by atoms with Crippen LogP contribution in [0.4, 0.5) is 0 Å². The van der Waals surface area contributed by atoms with Crippen molar-refractivity contribution in [1.29, 1.82) is 0 Å². The molecule has 0 aliphatic heterocycles. The van der Waals surface area contributed by atoms with Gasteiger partial charge in [-0.05, 0) is 42.2 Å². The van der Waals surface area contributed by atoms with Gasteiger partial charge in [0.05, 0.1) is 0 Å². The fraction of sp³-hybridized carbons (Fsp3) is 0.154. The summed E-state index contributed by atoms with van der Waals surface area (Å²) in [5.74, 6) is 0. The van der Waals surface area contributed by atoms with Gasteiger partial charge in [-0.3, -0.25) is 4.79 Å². The van der Waals surface area contributed by atoms with Gasteiger partial charge in [-0.25, -0.2) is 0 Å². The van der Waals surface area contributed by atoms with Crippen LogP contribution >= 0.6 is 0 Å². The molecule has 2 heteroatoms. The van der Waals surface area contributed by atoms with Crippen molar-refractivity contribution in [3.05, 3.63) is 58.0 Å². The molecule has 0 radical (unpaired) electrons. The zero-order valence-corrected chi connectivity index (χ0v) is 8.87. The maximum atomic E-state index is 11.2. The number of aromatic amines is 1. The molecule has 0 unspecified atom stereocenters. The molecule has 0 fully saturated rings. The fourth-order valence-corrected chi connectivity index (χ4v) is 1.55. The van der Waals surface area contributed by atoms with Gasteiger partial charge < -0.3 is 4.98 Å². The lowest BCUT2D eigenvalue weighted by molar-refractivity contribution is 1.24. The number of aryl methyl sites for hydroxylation is 2. The van der Waals surface area contributed by atoms with Crippen LogP contribution in [0.2, 0.25) is 0 Å². The van der Waals surface area contributed by atoms with E-state index in [0.29, 0.717) is 0 Å². The third-order valence-electron chi connectivity index (χ3n) is 2.62. The van der Waals surface area contributed by atoms with Crippen LogP contribution in [0.25, 0.3) is 11.1 Å². The molecule has 76 valence electrons. The maximum absolute atomic E-state index is 11.2. The molecule has 2 aromatic rings. The standard InChI is InChI=1S/C13H13NO/c1-9-3-4-11(7-10(9)2)12-5-6-14-13(15)8-12/h3-8H,1-2H3,(H,14,15). The zero-order valence-electron chi connectivity index (χ0n) is 8.87. The maximum Gasteiger partial charge on any atom is 0.248 e. The molecule has 0 saturated carbocycles. The summed E-state index contributed by atoms with van der Waals surface area (Å²) in [6.07, 6.45) is 1.67. The monoisotopic (exact) mass is 199 g/mol. The van der Waals surface area contributed by atoms with E-state index in [4.69, 9.17) is 0 Å². The summed E-state index contributed by atoms with van der Waals surface area (Å²) in [7, 11) is 0. The minimum atomic E-state index is -0.0641. The summed E-state index contributed by atoms with van der Waals surface area (Å²) in [4.78, 5) is 13.8. The number of aromatic nitrogens is 1. The number of pyridine rings is 1. The van der Waals surface area contributed by atoms with Crippen LogP contribution in [-0.2, 0) is 0 Å². The van der Waals surface area contributed by atoms with Crippen molar-refractivity contribution in [3.63, 3.8) is 0 Å². The van der Waals surface area contributed by atoms with Crippen LogP contribution in [0.15, 0.2) is 41.3 Å². The van der Waals surface area contributed by atoms with Gasteiger partial charge >= 0.3 is 0 Å². The van der Waals surface area contributed by atoms with E-state index >= 15 is 0 Å². The predicted octanol–water partition coefficient (Wildman–Crippen LogP) is 2.66. The molecular formula is C13H13NO. The number of hydrogen-bond donors (Lipinski definition) is 1. The van der Waals surface area contributed by atoms with Gasteiger partial charge in [-0.15, -0.1) is 0 Å². The normalized spacial score (nSPS) is 10.3. The molecule has 1 heterocycles. The van der Waals surface area contributed by atoms with Crippen molar-refractivity contribution in [2.45, 2.75) is 13.8 Å². The molecule has 0 atom stereocenters. The molecule has 1 aromatic heterocycles. The van der Waals surface area contributed by atoms with Gasteiger partial charge in [0.15, 0.2) is 0 Å². The van der Waals surface area contributed by atoms with Crippen LogP contribution in [-0.4, -0.2) is 4.98 Å². The Morgan fingerprint density at radius 3 is 2.33 bits per heavy atom. The number of nitrogens with one attached hydrogen (secondary N) is 1. The van der Waals surface area contributed by atoms with Crippen LogP contribution in [0.1, 0.15) is 11.1 Å². The summed E-state index contributed by atoms with van der Waals surface area (Å²) in [6, 6.07) is 9.74. The Morgan fingerprint density at radius 2 is 1.67 bits per heavy atom. The number of H-pyrrole nitrogens is 1. The molecule has 1 aromatic carbocycles. The molecule has 0 bridgehead atoms. The van der Waals surface area contributed by atoms with E-state index < -0.39 is 0 Å². The van der Waals surface area contributed by atoms with Gasteiger partial charge in [0.2, 0.25) is 5.56 Å². The van der Waals surface area contributed by atoms with E-state index in [1.54, 1.807) is 12.3 Å². The summed E-state index contributed by atoms with van der Waals surface area (Å²) in [5.41, 5.74) is 4.49. The fourth-order valence-electron chi connectivity index (χ4n) is 1.55. The molecule has 0 aliphatic rings. The Bertz CT molecular complexity index is 540. The smallest absolute Gasteiger partial charge is 0.248 e. The molecule has 2 rings (SSSR count). The highest BCUT2D eigenvalue weighted by molar-refractivity contribution is 5.64. The Hall–Kier alpha value is -1.83. The summed E-state index contributed by atoms with van der Waals surface area (Å²) >= 11 is 0. The molecule has 1 N–H and O–H groups in total. The zero-order chi connectivity index (χ0) is 10.8. The quantitative estimate of drug-likeness (QED) is 0.752. The third kappa shape index (κ3) is 1.99. The Balaban J connectivity index is 2.55. The van der Waals surface area contributed by atoms with E-state index in [0.717, 1.165) is 11.1 Å². The second kappa shape index (κ2) is 3.73. The summed E-state index contributed by atoms with van der Waals surface area (Å²) in [5, 5.41) is 0. The van der Waals surface area contributed by atoms with Crippen molar-refractivity contribution in [2.24, 2.45) is 0 Å². The third-order valence-corrected chi connectivity index (χ3v) is 2.62. The van der Waals surface area contributed by atoms with Crippen LogP contribution in [0.3, 0.4) is 0 Å². The first-order valence-corrected chi connectivity index (χ1v) is 4.93. The first-order valence-electron chi connectivity index (χ1n) is 4.93. The van der Waals surface area contributed by atoms with Crippen molar-refractivity contribution in [3.8, 4) is 11.1 Å². The van der Waals surface area contributed by atoms with Crippen molar-refractivity contribution >= 4 is 0 Å². The second-order valence-electron chi connectivity index (χ2n) is 3.74.